The topological polar surface area (TPSA) is 82.6 Å². The maximum Gasteiger partial charge on any atom is 0.315 e. The van der Waals surface area contributed by atoms with Crippen LogP contribution in [0.3, 0.4) is 0 Å². The zero-order valence-corrected chi connectivity index (χ0v) is 9.95. The van der Waals surface area contributed by atoms with Crippen LogP contribution in [0.1, 0.15) is 6.42 Å². The maximum atomic E-state index is 10.8. The Morgan fingerprint density at radius 1 is 1.71 bits per heavy atom. The second-order valence-corrected chi connectivity index (χ2v) is 4.02. The Balaban J connectivity index is 1.92. The molecule has 1 rings (SSSR count). The van der Waals surface area contributed by atoms with E-state index in [-0.39, 0.29) is 12.1 Å². The predicted molar refractivity (Wildman–Crippen MR) is 64.8 cm³/mol. The highest BCUT2D eigenvalue weighted by Crippen LogP contribution is 1.95. The Bertz CT molecular complexity index is 248. The van der Waals surface area contributed by atoms with Gasteiger partial charge in [0.15, 0.2) is 0 Å². The summed E-state index contributed by atoms with van der Waals surface area (Å²) in [5.74, 6) is 0. The molecule has 0 aliphatic carbocycles. The number of hydrogen-bond donors (Lipinski definition) is 4. The van der Waals surface area contributed by atoms with Gasteiger partial charge in [-0.2, -0.15) is 0 Å². The van der Waals surface area contributed by atoms with Crippen LogP contribution in [0.4, 0.5) is 4.79 Å². The molecule has 1 aliphatic rings. The fourth-order valence-electron chi connectivity index (χ4n) is 1.57. The molecule has 6 heteroatoms. The molecule has 0 saturated carbocycles. The van der Waals surface area contributed by atoms with Crippen molar-refractivity contribution in [1.29, 1.82) is 0 Å². The van der Waals surface area contributed by atoms with Crippen molar-refractivity contribution in [2.45, 2.75) is 18.6 Å². The molecular formula is C11H21N3O3. The third kappa shape index (κ3) is 6.25. The van der Waals surface area contributed by atoms with Gasteiger partial charge in [0, 0.05) is 19.1 Å². The maximum absolute atomic E-state index is 10.8. The zero-order valence-electron chi connectivity index (χ0n) is 9.95. The van der Waals surface area contributed by atoms with E-state index in [0.717, 1.165) is 13.0 Å². The molecule has 1 saturated heterocycles. The summed E-state index contributed by atoms with van der Waals surface area (Å²) in [6.07, 6.45) is 1.99. The molecule has 2 amide bonds. The van der Waals surface area contributed by atoms with E-state index >= 15 is 0 Å². The number of hydrogen-bond acceptors (Lipinski definition) is 4. The number of carbonyl (C=O) groups is 1. The Morgan fingerprint density at radius 2 is 2.53 bits per heavy atom. The van der Waals surface area contributed by atoms with Crippen molar-refractivity contribution < 1.29 is 14.6 Å². The highest BCUT2D eigenvalue weighted by Gasteiger charge is 2.18. The molecule has 2 unspecified atom stereocenters. The van der Waals surface area contributed by atoms with Gasteiger partial charge in [-0.05, 0) is 13.0 Å². The average Bonchev–Trinajstić information content (AvgIpc) is 2.71. The highest BCUT2D eigenvalue weighted by molar-refractivity contribution is 5.76. The lowest BCUT2D eigenvalue weighted by Crippen LogP contribution is -2.34. The number of aliphatic hydroxyl groups is 1. The number of amides is 2. The highest BCUT2D eigenvalue weighted by atomic mass is 16.5. The standard InChI is InChI=1S/C11H21N3O3/c1-2-5-17-8-10(15)7-12-4-3-9-6-13-11(16)14-9/h2,9-10,12,15H,1,3-8H2,(H2,13,14,16). The third-order valence-electron chi connectivity index (χ3n) is 2.44. The summed E-state index contributed by atoms with van der Waals surface area (Å²) >= 11 is 0. The minimum absolute atomic E-state index is 0.104. The first-order valence-corrected chi connectivity index (χ1v) is 5.84. The van der Waals surface area contributed by atoms with Gasteiger partial charge in [-0.25, -0.2) is 4.79 Å². The molecular weight excluding hydrogens is 222 g/mol. The molecule has 0 aromatic rings. The van der Waals surface area contributed by atoms with E-state index in [0.29, 0.717) is 26.3 Å². The van der Waals surface area contributed by atoms with Gasteiger partial charge in [-0.1, -0.05) is 6.08 Å². The van der Waals surface area contributed by atoms with E-state index in [2.05, 4.69) is 22.5 Å². The third-order valence-corrected chi connectivity index (χ3v) is 2.44. The molecule has 1 aliphatic heterocycles. The summed E-state index contributed by atoms with van der Waals surface area (Å²) in [5, 5.41) is 18.1. The Labute approximate surface area is 101 Å². The van der Waals surface area contributed by atoms with Crippen molar-refractivity contribution in [3.8, 4) is 0 Å². The first-order chi connectivity index (χ1) is 8.22. The van der Waals surface area contributed by atoms with E-state index in [1.54, 1.807) is 6.08 Å². The lowest BCUT2D eigenvalue weighted by atomic mass is 10.2. The molecule has 0 bridgehead atoms. The summed E-state index contributed by atoms with van der Waals surface area (Å²) < 4.78 is 5.11. The summed E-state index contributed by atoms with van der Waals surface area (Å²) in [6.45, 7) is 6.20. The van der Waals surface area contributed by atoms with Gasteiger partial charge < -0.3 is 25.8 Å². The lowest BCUT2D eigenvalue weighted by molar-refractivity contribution is 0.0495. The Morgan fingerprint density at radius 3 is 3.18 bits per heavy atom. The first kappa shape index (κ1) is 14.0. The van der Waals surface area contributed by atoms with Crippen LogP contribution in [0.15, 0.2) is 12.7 Å². The fraction of sp³-hybridized carbons (Fsp3) is 0.727. The van der Waals surface area contributed by atoms with Gasteiger partial charge in [0.1, 0.15) is 0 Å². The van der Waals surface area contributed by atoms with E-state index in [1.165, 1.54) is 0 Å². The number of carbonyl (C=O) groups excluding carboxylic acids is 1. The molecule has 17 heavy (non-hydrogen) atoms. The molecule has 2 atom stereocenters. The molecule has 0 radical (unpaired) electrons. The monoisotopic (exact) mass is 243 g/mol. The minimum Gasteiger partial charge on any atom is -0.389 e. The molecule has 1 fully saturated rings. The van der Waals surface area contributed by atoms with Crippen LogP contribution in [0.2, 0.25) is 0 Å². The zero-order chi connectivity index (χ0) is 12.5. The average molecular weight is 243 g/mol. The normalized spacial score (nSPS) is 20.8. The fourth-order valence-corrected chi connectivity index (χ4v) is 1.57. The summed E-state index contributed by atoms with van der Waals surface area (Å²) in [6, 6.07) is 0.0806. The summed E-state index contributed by atoms with van der Waals surface area (Å²) in [4.78, 5) is 10.8. The van der Waals surface area contributed by atoms with Crippen molar-refractivity contribution >= 4 is 6.03 Å². The molecule has 0 aromatic heterocycles. The second-order valence-electron chi connectivity index (χ2n) is 4.02. The molecule has 1 heterocycles. The quantitative estimate of drug-likeness (QED) is 0.316. The van der Waals surface area contributed by atoms with Crippen molar-refractivity contribution in [3.63, 3.8) is 0 Å². The van der Waals surface area contributed by atoms with Crippen molar-refractivity contribution in [3.05, 3.63) is 12.7 Å². The molecule has 6 nitrogen and oxygen atoms in total. The van der Waals surface area contributed by atoms with E-state index in [4.69, 9.17) is 4.74 Å². The minimum atomic E-state index is -0.508. The SMILES string of the molecule is C=CCOCC(O)CNCCC1CNC(=O)N1. The van der Waals surface area contributed by atoms with Crippen molar-refractivity contribution in [2.24, 2.45) is 0 Å². The smallest absolute Gasteiger partial charge is 0.315 e. The van der Waals surface area contributed by atoms with Gasteiger partial charge in [-0.3, -0.25) is 0 Å². The van der Waals surface area contributed by atoms with E-state index in [9.17, 15) is 9.90 Å². The van der Waals surface area contributed by atoms with Crippen molar-refractivity contribution in [1.82, 2.24) is 16.0 Å². The van der Waals surface area contributed by atoms with E-state index < -0.39 is 6.10 Å². The lowest BCUT2D eigenvalue weighted by Gasteiger charge is -2.13. The molecule has 4 N–H and O–H groups in total. The Hall–Kier alpha value is -1.11. The van der Waals surface area contributed by atoms with Gasteiger partial charge in [0.2, 0.25) is 0 Å². The molecule has 98 valence electrons. The summed E-state index contributed by atoms with van der Waals surface area (Å²) in [5.41, 5.74) is 0. The number of rotatable bonds is 9. The van der Waals surface area contributed by atoms with Crippen LogP contribution in [0.25, 0.3) is 0 Å². The predicted octanol–water partition coefficient (Wildman–Crippen LogP) is -0.789. The summed E-state index contributed by atoms with van der Waals surface area (Å²) in [7, 11) is 0. The first-order valence-electron chi connectivity index (χ1n) is 5.84. The Kier molecular flexibility index (Phi) is 6.61. The number of aliphatic hydroxyl groups excluding tert-OH is 1. The van der Waals surface area contributed by atoms with Gasteiger partial charge in [-0.15, -0.1) is 6.58 Å². The largest absolute Gasteiger partial charge is 0.389 e. The van der Waals surface area contributed by atoms with Gasteiger partial charge in [0.25, 0.3) is 0 Å². The van der Waals surface area contributed by atoms with Crippen LogP contribution in [-0.4, -0.2) is 56.1 Å². The van der Waals surface area contributed by atoms with Gasteiger partial charge in [0.05, 0.1) is 19.3 Å². The second kappa shape index (κ2) is 8.05. The number of urea groups is 1. The van der Waals surface area contributed by atoms with Crippen LogP contribution in [0.5, 0.6) is 0 Å². The van der Waals surface area contributed by atoms with Crippen LogP contribution in [0, 0.1) is 0 Å². The van der Waals surface area contributed by atoms with Crippen LogP contribution in [-0.2, 0) is 4.74 Å². The molecule has 0 spiro atoms. The molecule has 0 aromatic carbocycles. The van der Waals surface area contributed by atoms with Crippen LogP contribution < -0.4 is 16.0 Å². The van der Waals surface area contributed by atoms with E-state index in [1.807, 2.05) is 0 Å². The number of ether oxygens (including phenoxy) is 1. The number of nitrogens with one attached hydrogen (secondary N) is 3. The van der Waals surface area contributed by atoms with Gasteiger partial charge >= 0.3 is 6.03 Å². The van der Waals surface area contributed by atoms with Crippen molar-refractivity contribution in [2.75, 3.05) is 32.8 Å². The van der Waals surface area contributed by atoms with Crippen LogP contribution >= 0.6 is 0 Å².